The number of hydrogen-bond donors (Lipinski definition) is 1. The Hall–Kier alpha value is -1.30. The van der Waals surface area contributed by atoms with Crippen molar-refractivity contribution in [3.63, 3.8) is 0 Å². The minimum absolute atomic E-state index is 0.0350. The van der Waals surface area contributed by atoms with Crippen LogP contribution in [0.25, 0.3) is 0 Å². The number of hydrogen-bond acceptors (Lipinski definition) is 2. The average molecular weight is 234 g/mol. The Morgan fingerprint density at radius 2 is 1.87 bits per heavy atom. The summed E-state index contributed by atoms with van der Waals surface area (Å²) in [5.74, 6) is -1.84. The third-order valence-electron chi connectivity index (χ3n) is 1.64. The highest BCUT2D eigenvalue weighted by atomic mass is 32.2. The van der Waals surface area contributed by atoms with Gasteiger partial charge in [-0.05, 0) is 24.3 Å². The fraction of sp³-hybridized carbons (Fsp3) is 0.222. The number of carboxylic acids is 1. The Kier molecular flexibility index (Phi) is 3.90. The SMILES string of the molecule is O=C(O)c1ccc(S(=O)CC(F)F)cc1. The quantitative estimate of drug-likeness (QED) is 0.863. The van der Waals surface area contributed by atoms with Gasteiger partial charge >= 0.3 is 5.97 Å². The normalized spacial score (nSPS) is 12.7. The van der Waals surface area contributed by atoms with Gasteiger partial charge in [0.1, 0.15) is 0 Å². The summed E-state index contributed by atoms with van der Waals surface area (Å²) in [6, 6.07) is 5.03. The van der Waals surface area contributed by atoms with Crippen LogP contribution in [0.2, 0.25) is 0 Å². The molecule has 0 aliphatic carbocycles. The second kappa shape index (κ2) is 4.97. The largest absolute Gasteiger partial charge is 0.478 e. The van der Waals surface area contributed by atoms with Gasteiger partial charge in [-0.1, -0.05) is 0 Å². The molecule has 0 saturated heterocycles. The summed E-state index contributed by atoms with van der Waals surface area (Å²) in [5, 5.41) is 8.56. The van der Waals surface area contributed by atoms with E-state index in [2.05, 4.69) is 0 Å². The number of rotatable bonds is 4. The Morgan fingerprint density at radius 1 is 1.33 bits per heavy atom. The molecule has 0 aromatic heterocycles. The number of alkyl halides is 2. The standard InChI is InChI=1S/C9H8F2O3S/c10-8(11)5-15(14)7-3-1-6(2-4-7)9(12)13/h1-4,8H,5H2,(H,12,13). The van der Waals surface area contributed by atoms with Crippen LogP contribution in [-0.2, 0) is 10.8 Å². The van der Waals surface area contributed by atoms with Gasteiger partial charge in [-0.2, -0.15) is 0 Å². The number of aromatic carboxylic acids is 1. The van der Waals surface area contributed by atoms with Gasteiger partial charge in [-0.3, -0.25) is 4.21 Å². The van der Waals surface area contributed by atoms with Crippen LogP contribution in [0.5, 0.6) is 0 Å². The first-order valence-electron chi connectivity index (χ1n) is 4.00. The van der Waals surface area contributed by atoms with Crippen LogP contribution in [0.15, 0.2) is 29.2 Å². The van der Waals surface area contributed by atoms with Gasteiger partial charge < -0.3 is 5.11 Å². The van der Waals surface area contributed by atoms with Crippen LogP contribution in [0.4, 0.5) is 8.78 Å². The van der Waals surface area contributed by atoms with Crippen molar-refractivity contribution in [1.82, 2.24) is 0 Å². The zero-order chi connectivity index (χ0) is 11.4. The molecule has 1 aromatic carbocycles. The monoisotopic (exact) mass is 234 g/mol. The molecule has 0 bridgehead atoms. The van der Waals surface area contributed by atoms with Crippen molar-refractivity contribution >= 4 is 16.8 Å². The molecule has 1 N–H and O–H groups in total. The van der Waals surface area contributed by atoms with E-state index in [9.17, 15) is 17.8 Å². The third-order valence-corrected chi connectivity index (χ3v) is 2.99. The van der Waals surface area contributed by atoms with E-state index in [1.165, 1.54) is 24.3 Å². The van der Waals surface area contributed by atoms with Gasteiger partial charge in [-0.25, -0.2) is 13.6 Å². The van der Waals surface area contributed by atoms with E-state index in [0.717, 1.165) is 0 Å². The molecule has 1 rings (SSSR count). The molecule has 0 amide bonds. The highest BCUT2D eigenvalue weighted by Gasteiger charge is 2.11. The fourth-order valence-electron chi connectivity index (χ4n) is 0.960. The molecule has 0 aliphatic heterocycles. The van der Waals surface area contributed by atoms with Gasteiger partial charge in [-0.15, -0.1) is 0 Å². The minimum Gasteiger partial charge on any atom is -0.478 e. The van der Waals surface area contributed by atoms with Crippen molar-refractivity contribution in [1.29, 1.82) is 0 Å². The second-order valence-electron chi connectivity index (χ2n) is 2.73. The van der Waals surface area contributed by atoms with Crippen molar-refractivity contribution < 1.29 is 22.9 Å². The summed E-state index contributed by atoms with van der Waals surface area (Å²) in [4.78, 5) is 10.7. The Labute approximate surface area is 87.2 Å². The first-order valence-corrected chi connectivity index (χ1v) is 5.32. The maximum absolute atomic E-state index is 11.9. The van der Waals surface area contributed by atoms with E-state index in [4.69, 9.17) is 5.11 Å². The highest BCUT2D eigenvalue weighted by Crippen LogP contribution is 2.11. The van der Waals surface area contributed by atoms with Gasteiger partial charge in [0.25, 0.3) is 0 Å². The summed E-state index contributed by atoms with van der Waals surface area (Å²) in [5.41, 5.74) is 0.0350. The van der Waals surface area contributed by atoms with E-state index in [1.54, 1.807) is 0 Å². The summed E-state index contributed by atoms with van der Waals surface area (Å²) in [6.45, 7) is 0. The molecule has 3 nitrogen and oxygen atoms in total. The summed E-state index contributed by atoms with van der Waals surface area (Å²) >= 11 is 0. The molecule has 1 aromatic rings. The van der Waals surface area contributed by atoms with Crippen LogP contribution in [0.3, 0.4) is 0 Å². The van der Waals surface area contributed by atoms with Crippen molar-refractivity contribution in [3.05, 3.63) is 29.8 Å². The molecule has 1 unspecified atom stereocenters. The van der Waals surface area contributed by atoms with Crippen molar-refractivity contribution in [2.75, 3.05) is 5.75 Å². The summed E-state index contributed by atoms with van der Waals surface area (Å²) < 4.78 is 35.0. The fourth-order valence-corrected chi connectivity index (χ4v) is 1.82. The Bertz CT molecular complexity index is 375. The van der Waals surface area contributed by atoms with Crippen LogP contribution < -0.4 is 0 Å². The Balaban J connectivity index is 2.80. The number of carbonyl (C=O) groups is 1. The van der Waals surface area contributed by atoms with E-state index in [-0.39, 0.29) is 10.5 Å². The molecule has 0 fully saturated rings. The molecular formula is C9H8F2O3S. The molecule has 6 heteroatoms. The predicted octanol–water partition coefficient (Wildman–Crippen LogP) is 1.76. The summed E-state index contributed by atoms with van der Waals surface area (Å²) in [6.07, 6.45) is -2.63. The molecular weight excluding hydrogens is 226 g/mol. The first kappa shape index (κ1) is 11.8. The van der Waals surface area contributed by atoms with Gasteiger partial charge in [0.2, 0.25) is 6.43 Å². The topological polar surface area (TPSA) is 54.4 Å². The minimum atomic E-state index is -2.63. The number of benzene rings is 1. The summed E-state index contributed by atoms with van der Waals surface area (Å²) in [7, 11) is -1.78. The highest BCUT2D eigenvalue weighted by molar-refractivity contribution is 7.85. The first-order chi connectivity index (χ1) is 7.00. The molecule has 0 heterocycles. The Morgan fingerprint density at radius 3 is 2.27 bits per heavy atom. The molecule has 0 radical (unpaired) electrons. The lowest BCUT2D eigenvalue weighted by Gasteiger charge is -2.01. The number of halogens is 2. The van der Waals surface area contributed by atoms with Crippen LogP contribution in [-0.4, -0.2) is 27.5 Å². The van der Waals surface area contributed by atoms with Gasteiger partial charge in [0.05, 0.1) is 22.1 Å². The van der Waals surface area contributed by atoms with Crippen LogP contribution in [0.1, 0.15) is 10.4 Å². The average Bonchev–Trinajstić information content (AvgIpc) is 2.17. The molecule has 15 heavy (non-hydrogen) atoms. The maximum atomic E-state index is 11.9. The van der Waals surface area contributed by atoms with Crippen molar-refractivity contribution in [3.8, 4) is 0 Å². The van der Waals surface area contributed by atoms with Gasteiger partial charge in [0, 0.05) is 4.90 Å². The van der Waals surface area contributed by atoms with Crippen molar-refractivity contribution in [2.24, 2.45) is 0 Å². The lowest BCUT2D eigenvalue weighted by molar-refractivity contribution is 0.0696. The molecule has 0 aliphatic rings. The number of carboxylic acid groups (broad SMARTS) is 1. The zero-order valence-electron chi connectivity index (χ0n) is 7.52. The van der Waals surface area contributed by atoms with E-state index >= 15 is 0 Å². The smallest absolute Gasteiger partial charge is 0.335 e. The molecule has 82 valence electrons. The predicted molar refractivity (Wildman–Crippen MR) is 50.7 cm³/mol. The zero-order valence-corrected chi connectivity index (χ0v) is 8.34. The van der Waals surface area contributed by atoms with Crippen molar-refractivity contribution in [2.45, 2.75) is 11.3 Å². The van der Waals surface area contributed by atoms with Gasteiger partial charge in [0.15, 0.2) is 0 Å². The lowest BCUT2D eigenvalue weighted by atomic mass is 10.2. The molecule has 1 atom stereocenters. The second-order valence-corrected chi connectivity index (χ2v) is 4.23. The van der Waals surface area contributed by atoms with E-state index < -0.39 is 28.9 Å². The van der Waals surface area contributed by atoms with Crippen LogP contribution >= 0.6 is 0 Å². The van der Waals surface area contributed by atoms with Crippen LogP contribution in [0, 0.1) is 0 Å². The maximum Gasteiger partial charge on any atom is 0.335 e. The third kappa shape index (κ3) is 3.39. The van der Waals surface area contributed by atoms with E-state index in [0.29, 0.717) is 0 Å². The molecule has 0 spiro atoms. The lowest BCUT2D eigenvalue weighted by Crippen LogP contribution is -2.07. The van der Waals surface area contributed by atoms with E-state index in [1.807, 2.05) is 0 Å². The molecule has 0 saturated carbocycles.